The van der Waals surface area contributed by atoms with Crippen LogP contribution in [0.1, 0.15) is 32.3 Å². The minimum atomic E-state index is -0.735. The second kappa shape index (κ2) is 4.77. The molecule has 0 atom stereocenters. The summed E-state index contributed by atoms with van der Waals surface area (Å²) in [6.45, 7) is 11.1. The molecule has 0 aromatic heterocycles. The number of rotatable bonds is 4. The predicted molar refractivity (Wildman–Crippen MR) is 89.0 cm³/mol. The van der Waals surface area contributed by atoms with Crippen LogP contribution < -0.4 is 9.47 Å². The van der Waals surface area contributed by atoms with E-state index in [1.807, 2.05) is 0 Å². The molecule has 0 N–H and O–H groups in total. The van der Waals surface area contributed by atoms with Crippen molar-refractivity contribution in [3.63, 3.8) is 0 Å². The molecule has 1 aromatic carbocycles. The molecular formula is C16H23BrO2Si. The first-order valence-corrected chi connectivity index (χ1v) is 11.1. The van der Waals surface area contributed by atoms with Crippen LogP contribution in [0.4, 0.5) is 0 Å². The van der Waals surface area contributed by atoms with E-state index in [9.17, 15) is 0 Å². The molecule has 0 unspecified atom stereocenters. The normalized spacial score (nSPS) is 19.1. The lowest BCUT2D eigenvalue weighted by Crippen LogP contribution is -2.28. The van der Waals surface area contributed by atoms with Gasteiger partial charge in [0, 0.05) is 19.8 Å². The maximum atomic E-state index is 6.24. The zero-order valence-corrected chi connectivity index (χ0v) is 15.5. The van der Waals surface area contributed by atoms with Crippen LogP contribution in [0.5, 0.6) is 11.5 Å². The van der Waals surface area contributed by atoms with E-state index in [2.05, 4.69) is 55.0 Å². The van der Waals surface area contributed by atoms with Gasteiger partial charge in [0.05, 0.1) is 17.7 Å². The van der Waals surface area contributed by atoms with E-state index in [1.54, 1.807) is 0 Å². The first-order valence-electron chi connectivity index (χ1n) is 7.44. The van der Waals surface area contributed by atoms with Crippen molar-refractivity contribution in [1.82, 2.24) is 0 Å². The summed E-state index contributed by atoms with van der Waals surface area (Å²) in [6, 6.07) is 4.16. The number of ether oxygens (including phenoxy) is 2. The Bertz CT molecular complexity index is 536. The summed E-state index contributed by atoms with van der Waals surface area (Å²) in [5.74, 6) is 2.06. The number of hydrogen-bond donors (Lipinski definition) is 0. The molecule has 0 amide bonds. The minimum absolute atomic E-state index is 0.258. The molecule has 0 saturated heterocycles. The molecule has 3 rings (SSSR count). The average molecular weight is 355 g/mol. The summed E-state index contributed by atoms with van der Waals surface area (Å²) in [5, 5.41) is 0.316. The van der Waals surface area contributed by atoms with Gasteiger partial charge in [-0.05, 0) is 45.9 Å². The molecule has 0 radical (unpaired) electrons. The number of fused-ring (bicyclic) bond motifs is 2. The average Bonchev–Trinajstić information content (AvgIpc) is 3.05. The van der Waals surface area contributed by atoms with Crippen molar-refractivity contribution in [2.75, 3.05) is 13.2 Å². The van der Waals surface area contributed by atoms with Crippen LogP contribution in [0.25, 0.3) is 0 Å². The van der Waals surface area contributed by atoms with Crippen molar-refractivity contribution in [2.45, 2.75) is 50.2 Å². The van der Waals surface area contributed by atoms with E-state index in [4.69, 9.17) is 9.47 Å². The Morgan fingerprint density at radius 2 is 2.05 bits per heavy atom. The predicted octanol–water partition coefficient (Wildman–Crippen LogP) is 4.52. The van der Waals surface area contributed by atoms with E-state index in [0.717, 1.165) is 29.2 Å². The molecule has 20 heavy (non-hydrogen) atoms. The van der Waals surface area contributed by atoms with Gasteiger partial charge in [0.2, 0.25) is 0 Å². The van der Waals surface area contributed by atoms with Gasteiger partial charge in [-0.15, -0.1) is 0 Å². The topological polar surface area (TPSA) is 18.5 Å². The zero-order chi connectivity index (χ0) is 14.5. The van der Waals surface area contributed by atoms with Crippen molar-refractivity contribution >= 4 is 24.7 Å². The third kappa shape index (κ3) is 2.31. The molecule has 2 aliphatic rings. The molecule has 1 spiro atoms. The Morgan fingerprint density at radius 3 is 2.65 bits per heavy atom. The molecule has 1 fully saturated rings. The maximum Gasteiger partial charge on any atom is 0.141 e. The second-order valence-electron chi connectivity index (χ2n) is 7.25. The fourth-order valence-corrected chi connectivity index (χ4v) is 3.42. The largest absolute Gasteiger partial charge is 0.493 e. The summed E-state index contributed by atoms with van der Waals surface area (Å²) in [7, 11) is -0.735. The molecule has 1 aromatic rings. The number of halogens is 1. The van der Waals surface area contributed by atoms with Crippen LogP contribution >= 0.6 is 15.9 Å². The molecule has 0 bridgehead atoms. The number of benzene rings is 1. The summed E-state index contributed by atoms with van der Waals surface area (Å²) >= 11 is 3.60. The van der Waals surface area contributed by atoms with Crippen molar-refractivity contribution < 1.29 is 9.47 Å². The maximum absolute atomic E-state index is 6.24. The smallest absolute Gasteiger partial charge is 0.141 e. The lowest BCUT2D eigenvalue weighted by atomic mass is 9.97. The van der Waals surface area contributed by atoms with Gasteiger partial charge < -0.3 is 9.47 Å². The summed E-state index contributed by atoms with van der Waals surface area (Å²) in [4.78, 5) is 0. The molecule has 1 aliphatic carbocycles. The lowest BCUT2D eigenvalue weighted by Gasteiger charge is -2.28. The van der Waals surface area contributed by atoms with Gasteiger partial charge in [0.15, 0.2) is 0 Å². The highest BCUT2D eigenvalue weighted by atomic mass is 79.9. The quantitative estimate of drug-likeness (QED) is 0.740. The van der Waals surface area contributed by atoms with Crippen LogP contribution in [0.15, 0.2) is 16.6 Å². The van der Waals surface area contributed by atoms with Crippen LogP contribution in [-0.4, -0.2) is 22.0 Å². The number of hydrogen-bond acceptors (Lipinski definition) is 2. The summed E-state index contributed by atoms with van der Waals surface area (Å²) in [6.07, 6.45) is 2.46. The Labute approximate surface area is 131 Å². The minimum Gasteiger partial charge on any atom is -0.493 e. The van der Waals surface area contributed by atoms with Gasteiger partial charge >= 0.3 is 0 Å². The zero-order valence-electron chi connectivity index (χ0n) is 12.8. The fraction of sp³-hybridized carbons (Fsp3) is 0.625. The third-order valence-corrected chi connectivity index (χ3v) is 9.03. The van der Waals surface area contributed by atoms with Crippen molar-refractivity contribution in [3.8, 4) is 11.5 Å². The van der Waals surface area contributed by atoms with E-state index in [0.29, 0.717) is 5.04 Å². The fourth-order valence-electron chi connectivity index (χ4n) is 2.56. The first kappa shape index (κ1) is 14.5. The molecular weight excluding hydrogens is 332 g/mol. The van der Waals surface area contributed by atoms with Gasteiger partial charge in [-0.2, -0.15) is 0 Å². The monoisotopic (exact) mass is 354 g/mol. The molecule has 110 valence electrons. The molecule has 4 heteroatoms. The molecule has 1 saturated carbocycles. The highest BCUT2D eigenvalue weighted by Crippen LogP contribution is 2.60. The summed E-state index contributed by atoms with van der Waals surface area (Å²) in [5.41, 5.74) is 1.57. The second-order valence-corrected chi connectivity index (χ2v) is 12.0. The molecule has 1 aliphatic heterocycles. The van der Waals surface area contributed by atoms with Crippen molar-refractivity contribution in [2.24, 2.45) is 0 Å². The SMILES string of the molecule is C[SiH](C)C(C)(C)COc1ccc(Br)c2c1C1(CC1)CO2. The Balaban J connectivity index is 1.87. The molecule has 1 heterocycles. The lowest BCUT2D eigenvalue weighted by molar-refractivity contribution is 0.272. The Morgan fingerprint density at radius 1 is 1.35 bits per heavy atom. The van der Waals surface area contributed by atoms with E-state index in [1.165, 1.54) is 18.4 Å². The van der Waals surface area contributed by atoms with Gasteiger partial charge in [0.1, 0.15) is 11.5 Å². The van der Waals surface area contributed by atoms with Gasteiger partial charge in [0.25, 0.3) is 0 Å². The standard InChI is InChI=1S/C16H23BrO2Si/c1-15(2,20(3)4)9-18-12-6-5-11(17)14-13(12)16(7-8-16)10-19-14/h5-6,20H,7-10H2,1-4H3. The van der Waals surface area contributed by atoms with Gasteiger partial charge in [-0.1, -0.05) is 26.9 Å². The Hall–Kier alpha value is -0.483. The highest BCUT2D eigenvalue weighted by molar-refractivity contribution is 9.10. The molecule has 2 nitrogen and oxygen atoms in total. The van der Waals surface area contributed by atoms with Crippen LogP contribution in [0.2, 0.25) is 18.1 Å². The first-order chi connectivity index (χ1) is 9.36. The van der Waals surface area contributed by atoms with Gasteiger partial charge in [-0.3, -0.25) is 0 Å². The van der Waals surface area contributed by atoms with Crippen LogP contribution in [0, 0.1) is 0 Å². The van der Waals surface area contributed by atoms with E-state index < -0.39 is 8.80 Å². The van der Waals surface area contributed by atoms with Gasteiger partial charge in [-0.25, -0.2) is 0 Å². The van der Waals surface area contributed by atoms with Crippen LogP contribution in [-0.2, 0) is 5.41 Å². The highest BCUT2D eigenvalue weighted by Gasteiger charge is 2.53. The van der Waals surface area contributed by atoms with Crippen molar-refractivity contribution in [1.29, 1.82) is 0 Å². The third-order valence-electron chi connectivity index (χ3n) is 5.11. The van der Waals surface area contributed by atoms with Crippen LogP contribution in [0.3, 0.4) is 0 Å². The van der Waals surface area contributed by atoms with E-state index >= 15 is 0 Å². The summed E-state index contributed by atoms with van der Waals surface area (Å²) < 4.78 is 13.2. The van der Waals surface area contributed by atoms with E-state index in [-0.39, 0.29) is 5.41 Å². The Kier molecular flexibility index (Phi) is 3.45. The van der Waals surface area contributed by atoms with Crippen molar-refractivity contribution in [3.05, 3.63) is 22.2 Å².